The van der Waals surface area contributed by atoms with E-state index >= 15 is 0 Å². The van der Waals surface area contributed by atoms with Crippen molar-refractivity contribution in [1.29, 1.82) is 5.26 Å². The molecule has 5 rings (SSSR count). The topological polar surface area (TPSA) is 75.3 Å². The number of halogens is 1. The number of aromatic nitrogens is 1. The number of nitrogens with zero attached hydrogens (tertiary/aromatic N) is 3. The van der Waals surface area contributed by atoms with Crippen LogP contribution in [0, 0.1) is 17.1 Å². The van der Waals surface area contributed by atoms with Gasteiger partial charge < -0.3 is 9.64 Å². The number of nitriles is 1. The molecule has 2 aromatic carbocycles. The van der Waals surface area contributed by atoms with Crippen molar-refractivity contribution in [3.63, 3.8) is 0 Å². The number of rotatable bonds is 5. The second-order valence-electron chi connectivity index (χ2n) is 8.34. The first kappa shape index (κ1) is 20.3. The number of hydrogen-bond acceptors (Lipinski definition) is 4. The lowest BCUT2D eigenvalue weighted by Crippen LogP contribution is -2.32. The van der Waals surface area contributed by atoms with Gasteiger partial charge in [-0.15, -0.1) is 0 Å². The van der Waals surface area contributed by atoms with E-state index in [1.165, 1.54) is 12.1 Å². The Morgan fingerprint density at radius 3 is 2.59 bits per heavy atom. The molecule has 6 nitrogen and oxygen atoms in total. The smallest absolute Gasteiger partial charge is 0.260 e. The van der Waals surface area contributed by atoms with Crippen molar-refractivity contribution >= 4 is 16.7 Å². The molecule has 1 aliphatic carbocycles. The predicted octanol–water partition coefficient (Wildman–Crippen LogP) is 4.02. The van der Waals surface area contributed by atoms with E-state index in [0.29, 0.717) is 27.6 Å². The van der Waals surface area contributed by atoms with Crippen molar-refractivity contribution < 1.29 is 13.9 Å². The molecule has 3 aromatic rings. The fourth-order valence-electron chi connectivity index (χ4n) is 4.42. The van der Waals surface area contributed by atoms with Gasteiger partial charge in [-0.25, -0.2) is 4.39 Å². The zero-order chi connectivity index (χ0) is 22.2. The lowest BCUT2D eigenvalue weighted by molar-refractivity contribution is -0.132. The van der Waals surface area contributed by atoms with Crippen LogP contribution in [0.2, 0.25) is 0 Å². The average molecular weight is 431 g/mol. The summed E-state index contributed by atoms with van der Waals surface area (Å²) in [7, 11) is 0. The molecule has 0 unspecified atom stereocenters. The maximum Gasteiger partial charge on any atom is 0.260 e. The van der Waals surface area contributed by atoms with Crippen molar-refractivity contribution in [2.45, 2.75) is 31.7 Å². The van der Waals surface area contributed by atoms with E-state index in [1.807, 2.05) is 0 Å². The van der Waals surface area contributed by atoms with Gasteiger partial charge in [0, 0.05) is 35.5 Å². The summed E-state index contributed by atoms with van der Waals surface area (Å²) in [6.07, 6.45) is 3.68. The van der Waals surface area contributed by atoms with Gasteiger partial charge in [0.05, 0.1) is 0 Å². The second-order valence-corrected chi connectivity index (χ2v) is 8.34. The third kappa shape index (κ3) is 3.62. The highest BCUT2D eigenvalue weighted by atomic mass is 19.1. The lowest BCUT2D eigenvalue weighted by atomic mass is 9.96. The molecular weight excluding hydrogens is 409 g/mol. The Morgan fingerprint density at radius 1 is 1.12 bits per heavy atom. The van der Waals surface area contributed by atoms with Gasteiger partial charge in [0.1, 0.15) is 23.3 Å². The van der Waals surface area contributed by atoms with E-state index in [-0.39, 0.29) is 29.8 Å². The zero-order valence-corrected chi connectivity index (χ0v) is 17.5. The Kier molecular flexibility index (Phi) is 5.14. The van der Waals surface area contributed by atoms with Crippen molar-refractivity contribution in [3.05, 3.63) is 64.3 Å². The van der Waals surface area contributed by atoms with Gasteiger partial charge in [-0.2, -0.15) is 5.26 Å². The standard InChI is InChI=1S/C25H22FN3O3/c26-17-5-3-4-16(12-17)24-21-13-19(32-15-23(30)28-10-1-2-11-28)8-9-20(21)25(31)29(18-6-7-18)22(24)14-27/h3-5,8-9,12-13,18H,1-2,6-7,10-11,15H2. The first-order valence-corrected chi connectivity index (χ1v) is 10.9. The molecule has 7 heteroatoms. The molecule has 1 aliphatic heterocycles. The Hall–Kier alpha value is -3.66. The van der Waals surface area contributed by atoms with Gasteiger partial charge >= 0.3 is 0 Å². The molecule has 32 heavy (non-hydrogen) atoms. The molecular formula is C25H22FN3O3. The van der Waals surface area contributed by atoms with Gasteiger partial charge in [0.25, 0.3) is 11.5 Å². The zero-order valence-electron chi connectivity index (χ0n) is 17.5. The first-order chi connectivity index (χ1) is 15.6. The lowest BCUT2D eigenvalue weighted by Gasteiger charge is -2.18. The van der Waals surface area contributed by atoms with Crippen molar-refractivity contribution in [1.82, 2.24) is 9.47 Å². The summed E-state index contributed by atoms with van der Waals surface area (Å²) in [6, 6.07) is 13.2. The number of hydrogen-bond donors (Lipinski definition) is 0. The SMILES string of the molecule is N#Cc1c(-c2cccc(F)c2)c2cc(OCC(=O)N3CCCC3)ccc2c(=O)n1C1CC1. The molecule has 2 fully saturated rings. The first-order valence-electron chi connectivity index (χ1n) is 10.9. The summed E-state index contributed by atoms with van der Waals surface area (Å²) < 4.78 is 21.3. The minimum Gasteiger partial charge on any atom is -0.484 e. The molecule has 1 saturated heterocycles. The van der Waals surface area contributed by atoms with Crippen molar-refractivity contribution in [2.24, 2.45) is 0 Å². The Labute approximate surface area is 184 Å². The Balaban J connectivity index is 1.63. The average Bonchev–Trinajstić information content (AvgIpc) is 3.48. The number of benzene rings is 2. The van der Waals surface area contributed by atoms with Crippen LogP contribution in [0.5, 0.6) is 5.75 Å². The molecule has 0 spiro atoms. The molecule has 1 saturated carbocycles. The van der Waals surface area contributed by atoms with E-state index in [9.17, 15) is 19.2 Å². The Morgan fingerprint density at radius 2 is 1.91 bits per heavy atom. The van der Waals surface area contributed by atoms with Crippen LogP contribution >= 0.6 is 0 Å². The summed E-state index contributed by atoms with van der Waals surface area (Å²) in [5.41, 5.74) is 1.01. The normalized spacial score (nSPS) is 15.7. The predicted molar refractivity (Wildman–Crippen MR) is 118 cm³/mol. The van der Waals surface area contributed by atoms with Crippen molar-refractivity contribution in [2.75, 3.05) is 19.7 Å². The molecule has 162 valence electrons. The quantitative estimate of drug-likeness (QED) is 0.612. The number of fused-ring (bicyclic) bond motifs is 1. The number of carbonyl (C=O) groups is 1. The summed E-state index contributed by atoms with van der Waals surface area (Å²) in [5.74, 6) is -0.0719. The number of pyridine rings is 1. The monoisotopic (exact) mass is 431 g/mol. The maximum absolute atomic E-state index is 14.1. The van der Waals surface area contributed by atoms with E-state index in [4.69, 9.17) is 4.74 Å². The summed E-state index contributed by atoms with van der Waals surface area (Å²) in [6.45, 7) is 1.40. The van der Waals surface area contributed by atoms with Gasteiger partial charge in [0.15, 0.2) is 6.61 Å². The number of carbonyl (C=O) groups excluding carboxylic acids is 1. The second kappa shape index (κ2) is 8.12. The minimum absolute atomic E-state index is 0.0112. The van der Waals surface area contributed by atoms with Crippen LogP contribution in [0.1, 0.15) is 37.4 Å². The fourth-order valence-corrected chi connectivity index (χ4v) is 4.42. The van der Waals surface area contributed by atoms with Crippen LogP contribution in [0.3, 0.4) is 0 Å². The largest absolute Gasteiger partial charge is 0.484 e. The molecule has 0 atom stereocenters. The highest BCUT2D eigenvalue weighted by Crippen LogP contribution is 2.39. The molecule has 0 N–H and O–H groups in total. The highest BCUT2D eigenvalue weighted by Gasteiger charge is 2.30. The summed E-state index contributed by atoms with van der Waals surface area (Å²) in [5, 5.41) is 10.9. The Bertz CT molecular complexity index is 1310. The fraction of sp³-hybridized carbons (Fsp3) is 0.320. The van der Waals surface area contributed by atoms with E-state index < -0.39 is 5.82 Å². The number of amides is 1. The van der Waals surface area contributed by atoms with Gasteiger partial charge in [0.2, 0.25) is 0 Å². The third-order valence-electron chi connectivity index (χ3n) is 6.14. The van der Waals surface area contributed by atoms with Crippen LogP contribution < -0.4 is 10.3 Å². The van der Waals surface area contributed by atoms with E-state index in [1.54, 1.807) is 39.8 Å². The van der Waals surface area contributed by atoms with Gasteiger partial charge in [-0.3, -0.25) is 14.2 Å². The van der Waals surface area contributed by atoms with Crippen LogP contribution in [-0.4, -0.2) is 35.1 Å². The molecule has 2 heterocycles. The van der Waals surface area contributed by atoms with E-state index in [2.05, 4.69) is 6.07 Å². The molecule has 0 bridgehead atoms. The van der Waals surface area contributed by atoms with Crippen LogP contribution in [0.4, 0.5) is 4.39 Å². The number of likely N-dealkylation sites (tertiary alicyclic amines) is 1. The number of ether oxygens (including phenoxy) is 1. The van der Waals surface area contributed by atoms with Crippen LogP contribution in [0.15, 0.2) is 47.3 Å². The molecule has 0 radical (unpaired) electrons. The third-order valence-corrected chi connectivity index (χ3v) is 6.14. The summed E-state index contributed by atoms with van der Waals surface area (Å²) >= 11 is 0. The molecule has 1 aromatic heterocycles. The van der Waals surface area contributed by atoms with E-state index in [0.717, 1.165) is 38.8 Å². The minimum atomic E-state index is -0.424. The van der Waals surface area contributed by atoms with Crippen LogP contribution in [-0.2, 0) is 4.79 Å². The van der Waals surface area contributed by atoms with Gasteiger partial charge in [-0.1, -0.05) is 12.1 Å². The molecule has 2 aliphatic rings. The van der Waals surface area contributed by atoms with Crippen molar-refractivity contribution in [3.8, 4) is 22.9 Å². The van der Waals surface area contributed by atoms with Crippen LogP contribution in [0.25, 0.3) is 21.9 Å². The summed E-state index contributed by atoms with van der Waals surface area (Å²) in [4.78, 5) is 27.4. The maximum atomic E-state index is 14.1. The van der Waals surface area contributed by atoms with Gasteiger partial charge in [-0.05, 0) is 61.6 Å². The highest BCUT2D eigenvalue weighted by molar-refractivity contribution is 5.99. The molecule has 1 amide bonds.